The molecule has 4 aromatic carbocycles. The van der Waals surface area contributed by atoms with E-state index in [1.54, 1.807) is 25.4 Å². The lowest BCUT2D eigenvalue weighted by atomic mass is 9.59. The summed E-state index contributed by atoms with van der Waals surface area (Å²) in [5.41, 5.74) is 3.87. The van der Waals surface area contributed by atoms with E-state index in [9.17, 15) is 23.3 Å². The van der Waals surface area contributed by atoms with Gasteiger partial charge in [-0.3, -0.25) is 24.7 Å². The van der Waals surface area contributed by atoms with Crippen LogP contribution in [-0.2, 0) is 21.3 Å². The number of carbonyl (C=O) groups excluding carboxylic acids is 1. The van der Waals surface area contributed by atoms with E-state index in [4.69, 9.17) is 23.7 Å². The number of hydrogen-bond donors (Lipinski definition) is 3. The van der Waals surface area contributed by atoms with Gasteiger partial charge in [0.05, 0.1) is 29.5 Å². The Morgan fingerprint density at radius 2 is 1.70 bits per heavy atom. The van der Waals surface area contributed by atoms with E-state index >= 15 is 4.39 Å². The van der Waals surface area contributed by atoms with E-state index in [2.05, 4.69) is 75.3 Å². The van der Waals surface area contributed by atoms with Gasteiger partial charge in [-0.05, 0) is 103 Å². The number of rotatable bonds is 16. The molecule has 77 heavy (non-hydrogen) atoms. The number of aromatic amines is 1. The molecule has 4 fully saturated rings. The lowest BCUT2D eigenvalue weighted by Gasteiger charge is -2.58. The molecule has 3 N–H and O–H groups in total. The molecule has 406 valence electrons. The molecule has 1 amide bonds. The van der Waals surface area contributed by atoms with E-state index in [0.717, 1.165) is 82.6 Å². The third-order valence-corrected chi connectivity index (χ3v) is 17.6. The number of sulfonamides is 1. The second kappa shape index (κ2) is 21.8. The van der Waals surface area contributed by atoms with E-state index < -0.39 is 42.8 Å². The highest BCUT2D eigenvalue weighted by Gasteiger charge is 2.50. The van der Waals surface area contributed by atoms with Crippen molar-refractivity contribution in [3.8, 4) is 28.7 Å². The largest absolute Gasteiger partial charge is 0.497 e. The zero-order chi connectivity index (χ0) is 53.4. The first-order valence-corrected chi connectivity index (χ1v) is 28.1. The summed E-state index contributed by atoms with van der Waals surface area (Å²) in [5.74, 6) is -0.941. The Labute approximate surface area is 447 Å². The number of hydrogen-bond acceptors (Lipinski definition) is 15. The minimum Gasteiger partial charge on any atom is -0.497 e. The topological polar surface area (TPSA) is 203 Å². The first-order chi connectivity index (χ1) is 37.2. The van der Waals surface area contributed by atoms with Crippen LogP contribution >= 0.6 is 0 Å². The van der Waals surface area contributed by atoms with E-state index in [-0.39, 0.29) is 65.0 Å². The van der Waals surface area contributed by atoms with Gasteiger partial charge in [0, 0.05) is 94.8 Å². The number of nitro groups is 1. The number of carbonyl (C=O) groups is 1. The molecule has 1 atom stereocenters. The Morgan fingerprint density at radius 1 is 0.948 bits per heavy atom. The number of pyridine rings is 1. The lowest BCUT2D eigenvalue weighted by Crippen LogP contribution is -2.60. The van der Waals surface area contributed by atoms with Crippen LogP contribution in [0.15, 0.2) is 96.2 Å². The molecule has 6 heterocycles. The first kappa shape index (κ1) is 52.1. The van der Waals surface area contributed by atoms with Crippen LogP contribution in [-0.4, -0.2) is 118 Å². The fourth-order valence-electron chi connectivity index (χ4n) is 12.1. The Kier molecular flexibility index (Phi) is 14.7. The number of amides is 1. The Bertz CT molecular complexity index is 3260. The predicted molar refractivity (Wildman–Crippen MR) is 288 cm³/mol. The minimum atomic E-state index is -4.95. The van der Waals surface area contributed by atoms with Gasteiger partial charge in [0.2, 0.25) is 0 Å². The van der Waals surface area contributed by atoms with Crippen molar-refractivity contribution in [1.29, 1.82) is 0 Å². The molecular weight excluding hydrogens is 1010 g/mol. The number of nitrogens with one attached hydrogen (secondary N) is 3. The van der Waals surface area contributed by atoms with Crippen molar-refractivity contribution in [2.75, 3.05) is 83.0 Å². The van der Waals surface area contributed by atoms with Gasteiger partial charge in [0.15, 0.2) is 17.2 Å². The van der Waals surface area contributed by atoms with Crippen molar-refractivity contribution in [3.05, 3.63) is 129 Å². The number of piperazine rings is 1. The number of H-pyrrole nitrogens is 1. The first-order valence-electron chi connectivity index (χ1n) is 26.6. The maximum Gasteiger partial charge on any atom is 0.297 e. The maximum absolute atomic E-state index is 16.8. The number of halogens is 1. The monoisotopic (exact) mass is 1070 g/mol. The summed E-state index contributed by atoms with van der Waals surface area (Å²) < 4.78 is 76.3. The number of nitro benzene ring substituents is 1. The van der Waals surface area contributed by atoms with Gasteiger partial charge in [-0.1, -0.05) is 50.2 Å². The van der Waals surface area contributed by atoms with Crippen LogP contribution in [0, 0.1) is 27.3 Å². The van der Waals surface area contributed by atoms with Crippen LogP contribution in [0.3, 0.4) is 0 Å². The highest BCUT2D eigenvalue weighted by molar-refractivity contribution is 7.90. The van der Waals surface area contributed by atoms with Gasteiger partial charge in [-0.2, -0.15) is 0 Å². The van der Waals surface area contributed by atoms with Crippen LogP contribution in [0.2, 0.25) is 0 Å². The zero-order valence-electron chi connectivity index (χ0n) is 43.6. The number of piperidine rings is 1. The molecule has 6 aromatic rings. The molecular formula is C57H65FN8O10S. The van der Waals surface area contributed by atoms with Crippen LogP contribution in [0.1, 0.15) is 91.4 Å². The Balaban J connectivity index is 0.824. The average molecular weight is 1070 g/mol. The van der Waals surface area contributed by atoms with Crippen molar-refractivity contribution >= 4 is 44.0 Å². The summed E-state index contributed by atoms with van der Waals surface area (Å²) in [4.78, 5) is 40.2. The molecule has 11 rings (SSSR count). The number of fused-ring (bicyclic) bond motifs is 2. The number of nitrogens with zero attached hydrogens (tertiary/aromatic N) is 5. The van der Waals surface area contributed by atoms with Gasteiger partial charge in [-0.15, -0.1) is 0 Å². The molecule has 1 spiro atoms. The zero-order valence-corrected chi connectivity index (χ0v) is 44.4. The fraction of sp³-hybridized carbons (Fsp3) is 0.439. The van der Waals surface area contributed by atoms with Crippen molar-refractivity contribution in [3.63, 3.8) is 0 Å². The van der Waals surface area contributed by atoms with Crippen molar-refractivity contribution in [1.82, 2.24) is 24.5 Å². The summed E-state index contributed by atoms with van der Waals surface area (Å²) in [6.45, 7) is 10.7. The smallest absolute Gasteiger partial charge is 0.297 e. The highest BCUT2D eigenvalue weighted by Crippen LogP contribution is 2.54. The average Bonchev–Trinajstić information content (AvgIpc) is 3.94. The lowest BCUT2D eigenvalue weighted by molar-refractivity contribution is -0.384. The van der Waals surface area contributed by atoms with Crippen molar-refractivity contribution in [2.24, 2.45) is 11.3 Å². The van der Waals surface area contributed by atoms with E-state index in [1.165, 1.54) is 29.0 Å². The molecule has 20 heteroatoms. The summed E-state index contributed by atoms with van der Waals surface area (Å²) in [5, 5.41) is 16.4. The summed E-state index contributed by atoms with van der Waals surface area (Å²) in [6, 6.07) is 24.6. The molecule has 2 aromatic heterocycles. The van der Waals surface area contributed by atoms with Crippen LogP contribution in [0.4, 0.5) is 21.5 Å². The number of benzene rings is 4. The SMILES string of the molecule is COc1ccc(CN2CCN(C3CC4(CCN(c5cc(Oc6cnc7[nH]ccc7c6)c(C(=O)NS(=O)(=O)c6cc([N+](=O)[O-])c(NCC7CCOCC7)c7c6OCCO7)cc5F)CC4)C3)[C@H](c3ccccc3C(C)C)C2)cc1. The number of methoxy groups -OCH3 is 1. The van der Waals surface area contributed by atoms with Crippen LogP contribution in [0.5, 0.6) is 28.7 Å². The van der Waals surface area contributed by atoms with E-state index in [0.29, 0.717) is 55.8 Å². The molecule has 1 saturated carbocycles. The fourth-order valence-corrected chi connectivity index (χ4v) is 13.2. The predicted octanol–water partition coefficient (Wildman–Crippen LogP) is 9.57. The standard InChI is InChI=1S/C57H65FN8O10S/c1-36(2)43-6-4-5-7-44(43)49-35-63(34-38-8-10-41(72-3)11-9-38)20-21-65(49)40-30-57(31-40)15-18-64(19-16-57)47-28-50(76-42-26-39-12-17-59-55(39)61-33-42)45(27-46(47)58)56(67)62-77(70,71)51-29-48(66(68)69)52(54-53(51)74-24-25-75-54)60-32-37-13-22-73-23-14-37/h4-12,17,26-29,33,36-37,40,49,60H,13-16,18-25,30-32,34-35H2,1-3H3,(H,59,61)(H,62,67)/t49-/m0/s1. The Hall–Kier alpha value is -7.00. The van der Waals surface area contributed by atoms with Crippen molar-refractivity contribution in [2.45, 2.75) is 81.8 Å². The molecule has 5 aliphatic rings. The van der Waals surface area contributed by atoms with Gasteiger partial charge in [-0.25, -0.2) is 22.5 Å². The molecule has 4 aliphatic heterocycles. The summed E-state index contributed by atoms with van der Waals surface area (Å²) >= 11 is 0. The van der Waals surface area contributed by atoms with Crippen LogP contribution in [0.25, 0.3) is 11.0 Å². The molecule has 0 radical (unpaired) electrons. The molecule has 0 unspecified atom stereocenters. The summed E-state index contributed by atoms with van der Waals surface area (Å²) in [7, 11) is -3.26. The number of anilines is 2. The molecule has 3 saturated heterocycles. The minimum absolute atomic E-state index is 0.000579. The Morgan fingerprint density at radius 3 is 2.44 bits per heavy atom. The molecule has 1 aliphatic carbocycles. The van der Waals surface area contributed by atoms with Crippen LogP contribution < -0.4 is 33.9 Å². The number of aromatic nitrogens is 2. The second-order valence-corrected chi connectivity index (χ2v) is 23.1. The maximum atomic E-state index is 16.8. The van der Waals surface area contributed by atoms with Gasteiger partial charge >= 0.3 is 0 Å². The third kappa shape index (κ3) is 10.8. The van der Waals surface area contributed by atoms with E-state index in [1.807, 2.05) is 21.8 Å². The molecule has 0 bridgehead atoms. The third-order valence-electron chi connectivity index (χ3n) is 16.3. The normalized spacial score (nSPS) is 19.3. The van der Waals surface area contributed by atoms with Gasteiger partial charge in [0.1, 0.15) is 46.8 Å². The van der Waals surface area contributed by atoms with Gasteiger partial charge in [0.25, 0.3) is 21.6 Å². The highest BCUT2D eigenvalue weighted by atomic mass is 32.2. The molecule has 18 nitrogen and oxygen atoms in total. The second-order valence-electron chi connectivity index (χ2n) is 21.4. The quantitative estimate of drug-likeness (QED) is 0.0610. The van der Waals surface area contributed by atoms with Crippen molar-refractivity contribution < 1.29 is 46.2 Å². The summed E-state index contributed by atoms with van der Waals surface area (Å²) in [6.07, 6.45) is 8.40. The van der Waals surface area contributed by atoms with Gasteiger partial charge < -0.3 is 38.9 Å². The number of ether oxygens (including phenoxy) is 5.